The van der Waals surface area contributed by atoms with E-state index < -0.39 is 44.8 Å². The molecule has 8 nitrogen and oxygen atoms in total. The van der Waals surface area contributed by atoms with E-state index >= 15 is 0 Å². The van der Waals surface area contributed by atoms with E-state index in [1.54, 1.807) is 6.92 Å². The lowest BCUT2D eigenvalue weighted by Gasteiger charge is -2.13. The molecule has 0 amide bonds. The van der Waals surface area contributed by atoms with Crippen molar-refractivity contribution in [3.05, 3.63) is 53.1 Å². The van der Waals surface area contributed by atoms with Crippen molar-refractivity contribution >= 4 is 27.6 Å². The molecule has 2 aromatic rings. The van der Waals surface area contributed by atoms with Crippen LogP contribution in [0.5, 0.6) is 5.75 Å². The summed E-state index contributed by atoms with van der Waals surface area (Å²) < 4.78 is 59.6. The highest BCUT2D eigenvalue weighted by molar-refractivity contribution is 7.92. The first-order valence-electron chi connectivity index (χ1n) is 8.21. The first-order valence-corrected chi connectivity index (χ1v) is 9.70. The van der Waals surface area contributed by atoms with E-state index in [0.717, 1.165) is 0 Å². The molecule has 2 rings (SSSR count). The van der Waals surface area contributed by atoms with Gasteiger partial charge in [0.15, 0.2) is 0 Å². The van der Waals surface area contributed by atoms with Gasteiger partial charge >= 0.3 is 11.9 Å². The number of aromatic carboxylic acids is 1. The van der Waals surface area contributed by atoms with Gasteiger partial charge in [0.05, 0.1) is 22.8 Å². The Morgan fingerprint density at radius 3 is 2.38 bits per heavy atom. The smallest absolute Gasteiger partial charge is 0.338 e. The van der Waals surface area contributed by atoms with Gasteiger partial charge in [-0.2, -0.15) is 0 Å². The largest absolute Gasteiger partial charge is 0.493 e. The molecule has 0 fully saturated rings. The topological polar surface area (TPSA) is 130 Å². The number of nitrogens with one attached hydrogen (secondary N) is 1. The van der Waals surface area contributed by atoms with Crippen LogP contribution < -0.4 is 9.46 Å². The number of carbonyl (C=O) groups is 2. The molecule has 0 aromatic heterocycles. The average Bonchev–Trinajstić information content (AvgIpc) is 2.61. The van der Waals surface area contributed by atoms with E-state index in [9.17, 15) is 26.8 Å². The van der Waals surface area contributed by atoms with Crippen molar-refractivity contribution < 1.29 is 41.7 Å². The van der Waals surface area contributed by atoms with Crippen LogP contribution in [-0.2, 0) is 14.8 Å². The van der Waals surface area contributed by atoms with Crippen LogP contribution in [0.2, 0.25) is 0 Å². The zero-order chi connectivity index (χ0) is 21.8. The summed E-state index contributed by atoms with van der Waals surface area (Å²) in [5, 5.41) is 17.5. The van der Waals surface area contributed by atoms with Crippen LogP contribution in [0.3, 0.4) is 0 Å². The Kier molecular flexibility index (Phi) is 6.75. The molecule has 0 unspecified atom stereocenters. The minimum Gasteiger partial charge on any atom is -0.493 e. The van der Waals surface area contributed by atoms with Crippen LogP contribution in [0.15, 0.2) is 35.2 Å². The highest BCUT2D eigenvalue weighted by atomic mass is 32.2. The summed E-state index contributed by atoms with van der Waals surface area (Å²) in [5.74, 6) is -4.90. The number of ether oxygens (including phenoxy) is 1. The normalized spacial score (nSPS) is 11.1. The molecule has 0 spiro atoms. The van der Waals surface area contributed by atoms with Crippen molar-refractivity contribution in [2.75, 3.05) is 11.3 Å². The number of carboxylic acid groups (broad SMARTS) is 2. The standard InChI is InChI=1S/C18H17F2NO7S/c1-10-7-11(4-5-16(10)28-6-2-3-17(22)23)29(26,27)21-15-8-12(18(24)25)13(19)9-14(15)20/h4-5,7-9,21H,2-3,6H2,1H3,(H,22,23)(H,24,25). The number of anilines is 1. The minimum atomic E-state index is -4.31. The molecule has 3 N–H and O–H groups in total. The van der Waals surface area contributed by atoms with E-state index in [2.05, 4.69) is 0 Å². The van der Waals surface area contributed by atoms with Crippen LogP contribution in [0, 0.1) is 18.6 Å². The third kappa shape index (κ3) is 5.64. The van der Waals surface area contributed by atoms with E-state index in [-0.39, 0.29) is 30.4 Å². The van der Waals surface area contributed by atoms with Crippen molar-refractivity contribution in [3.8, 4) is 5.75 Å². The van der Waals surface area contributed by atoms with Crippen molar-refractivity contribution in [2.24, 2.45) is 0 Å². The van der Waals surface area contributed by atoms with Gasteiger partial charge in [0.2, 0.25) is 0 Å². The maximum absolute atomic E-state index is 13.9. The Hall–Kier alpha value is -3.21. The molecule has 0 heterocycles. The highest BCUT2D eigenvalue weighted by Gasteiger charge is 2.21. The Morgan fingerprint density at radius 1 is 1.10 bits per heavy atom. The second-order valence-electron chi connectivity index (χ2n) is 6.00. The monoisotopic (exact) mass is 429 g/mol. The number of rotatable bonds is 9. The number of hydrogen-bond acceptors (Lipinski definition) is 5. The third-order valence-corrected chi connectivity index (χ3v) is 5.14. The summed E-state index contributed by atoms with van der Waals surface area (Å²) in [5.41, 5.74) is -1.17. The molecule has 0 aliphatic rings. The number of benzene rings is 2. The predicted molar refractivity (Wildman–Crippen MR) is 97.7 cm³/mol. The van der Waals surface area contributed by atoms with Crippen LogP contribution in [0.1, 0.15) is 28.8 Å². The van der Waals surface area contributed by atoms with Crippen LogP contribution in [0.25, 0.3) is 0 Å². The van der Waals surface area contributed by atoms with Gasteiger partial charge in [0.25, 0.3) is 10.0 Å². The quantitative estimate of drug-likeness (QED) is 0.522. The Balaban J connectivity index is 2.21. The molecule has 11 heteroatoms. The first kappa shape index (κ1) is 22.1. The Labute approximate surface area is 164 Å². The summed E-state index contributed by atoms with van der Waals surface area (Å²) >= 11 is 0. The lowest BCUT2D eigenvalue weighted by Crippen LogP contribution is -2.15. The maximum atomic E-state index is 13.9. The summed E-state index contributed by atoms with van der Waals surface area (Å²) in [6.07, 6.45) is 0.198. The Bertz CT molecular complexity index is 1050. The fourth-order valence-electron chi connectivity index (χ4n) is 2.35. The second kappa shape index (κ2) is 8.86. The van der Waals surface area contributed by atoms with Gasteiger partial charge in [-0.1, -0.05) is 0 Å². The maximum Gasteiger partial charge on any atom is 0.338 e. The summed E-state index contributed by atoms with van der Waals surface area (Å²) in [6, 6.07) is 4.61. The van der Waals surface area contributed by atoms with Crippen LogP contribution in [0.4, 0.5) is 14.5 Å². The van der Waals surface area contributed by atoms with E-state index in [1.807, 2.05) is 4.72 Å². The molecular formula is C18H17F2NO7S. The van der Waals surface area contributed by atoms with Gasteiger partial charge in [0, 0.05) is 12.5 Å². The van der Waals surface area contributed by atoms with Gasteiger partial charge in [-0.05, 0) is 43.2 Å². The zero-order valence-corrected chi connectivity index (χ0v) is 15.9. The van der Waals surface area contributed by atoms with Gasteiger partial charge in [0.1, 0.15) is 17.4 Å². The summed E-state index contributed by atoms with van der Waals surface area (Å²) in [7, 11) is -4.31. The molecule has 0 radical (unpaired) electrons. The molecule has 0 bridgehead atoms. The van der Waals surface area contributed by atoms with Crippen molar-refractivity contribution in [3.63, 3.8) is 0 Å². The van der Waals surface area contributed by atoms with E-state index in [4.69, 9.17) is 14.9 Å². The van der Waals surface area contributed by atoms with Crippen molar-refractivity contribution in [1.82, 2.24) is 0 Å². The second-order valence-corrected chi connectivity index (χ2v) is 7.68. The zero-order valence-electron chi connectivity index (χ0n) is 15.1. The van der Waals surface area contributed by atoms with E-state index in [1.165, 1.54) is 18.2 Å². The Morgan fingerprint density at radius 2 is 1.79 bits per heavy atom. The number of halogens is 2. The van der Waals surface area contributed by atoms with Crippen LogP contribution in [-0.4, -0.2) is 37.2 Å². The molecule has 0 atom stereocenters. The van der Waals surface area contributed by atoms with Crippen molar-refractivity contribution in [1.29, 1.82) is 0 Å². The first-order chi connectivity index (χ1) is 13.5. The molecule has 0 saturated carbocycles. The number of hydrogen-bond donors (Lipinski definition) is 3. The molecule has 0 aliphatic carbocycles. The number of aryl methyl sites for hydroxylation is 1. The summed E-state index contributed by atoms with van der Waals surface area (Å²) in [6.45, 7) is 1.68. The molecule has 0 aliphatic heterocycles. The highest BCUT2D eigenvalue weighted by Crippen LogP contribution is 2.26. The average molecular weight is 429 g/mol. The fourth-order valence-corrected chi connectivity index (χ4v) is 3.49. The van der Waals surface area contributed by atoms with Gasteiger partial charge in [-0.25, -0.2) is 22.0 Å². The lowest BCUT2D eigenvalue weighted by molar-refractivity contribution is -0.137. The predicted octanol–water partition coefficient (Wildman–Crippen LogP) is 3.02. The van der Waals surface area contributed by atoms with Gasteiger partial charge < -0.3 is 14.9 Å². The number of aliphatic carboxylic acids is 1. The molecule has 29 heavy (non-hydrogen) atoms. The lowest BCUT2D eigenvalue weighted by atomic mass is 10.2. The van der Waals surface area contributed by atoms with Crippen molar-refractivity contribution in [2.45, 2.75) is 24.7 Å². The minimum absolute atomic E-state index is 0.0724. The molecule has 0 saturated heterocycles. The van der Waals surface area contributed by atoms with Gasteiger partial charge in [-0.15, -0.1) is 0 Å². The summed E-state index contributed by atoms with van der Waals surface area (Å²) in [4.78, 5) is 21.2. The molecule has 156 valence electrons. The molecule has 2 aromatic carbocycles. The van der Waals surface area contributed by atoms with Gasteiger partial charge in [-0.3, -0.25) is 9.52 Å². The van der Waals surface area contributed by atoms with E-state index in [0.29, 0.717) is 17.4 Å². The third-order valence-electron chi connectivity index (χ3n) is 3.78. The number of carboxylic acids is 2. The fraction of sp³-hybridized carbons (Fsp3) is 0.222. The SMILES string of the molecule is Cc1cc(S(=O)(=O)Nc2cc(C(=O)O)c(F)cc2F)ccc1OCCCC(=O)O. The van der Waals surface area contributed by atoms with Crippen LogP contribution >= 0.6 is 0 Å². The molecular weight excluding hydrogens is 412 g/mol. The number of sulfonamides is 1.